The summed E-state index contributed by atoms with van der Waals surface area (Å²) in [5.74, 6) is -2.03. The van der Waals surface area contributed by atoms with E-state index in [1.807, 2.05) is 18.2 Å². The predicted octanol–water partition coefficient (Wildman–Crippen LogP) is 4.13. The third-order valence-electron chi connectivity index (χ3n) is 4.89. The molecule has 1 aliphatic heterocycles. The van der Waals surface area contributed by atoms with Gasteiger partial charge in [-0.25, -0.2) is 8.78 Å². The van der Waals surface area contributed by atoms with Crippen LogP contribution in [0.1, 0.15) is 41.3 Å². The molecule has 0 saturated carbocycles. The summed E-state index contributed by atoms with van der Waals surface area (Å²) in [5, 5.41) is 2.71. The molecular formula is C21H24F2N2O. The summed E-state index contributed by atoms with van der Waals surface area (Å²) in [5.41, 5.74) is 1.88. The van der Waals surface area contributed by atoms with Crippen molar-refractivity contribution in [1.82, 2.24) is 10.2 Å². The maximum absolute atomic E-state index is 13.8. The van der Waals surface area contributed by atoms with Crippen molar-refractivity contribution in [3.05, 3.63) is 70.8 Å². The fourth-order valence-electron chi connectivity index (χ4n) is 3.51. The van der Waals surface area contributed by atoms with E-state index in [1.54, 1.807) is 0 Å². The largest absolute Gasteiger partial charge is 0.348 e. The minimum Gasteiger partial charge on any atom is -0.348 e. The second kappa shape index (κ2) is 8.41. The molecule has 5 heteroatoms. The van der Waals surface area contributed by atoms with Crippen molar-refractivity contribution in [2.75, 3.05) is 13.1 Å². The van der Waals surface area contributed by atoms with Gasteiger partial charge in [0.15, 0.2) is 11.6 Å². The Labute approximate surface area is 153 Å². The molecule has 0 aliphatic carbocycles. The first-order valence-electron chi connectivity index (χ1n) is 9.06. The second-order valence-electron chi connectivity index (χ2n) is 7.04. The zero-order chi connectivity index (χ0) is 18.5. The minimum absolute atomic E-state index is 0.271. The maximum Gasteiger partial charge on any atom is 0.254 e. The van der Waals surface area contributed by atoms with Gasteiger partial charge in [-0.3, -0.25) is 9.69 Å². The molecule has 2 aromatic carbocycles. The molecule has 1 saturated heterocycles. The van der Waals surface area contributed by atoms with Crippen LogP contribution in [0.25, 0.3) is 0 Å². The van der Waals surface area contributed by atoms with E-state index in [0.29, 0.717) is 5.92 Å². The highest BCUT2D eigenvalue weighted by Crippen LogP contribution is 2.20. The second-order valence-corrected chi connectivity index (χ2v) is 7.04. The first-order chi connectivity index (χ1) is 12.5. The van der Waals surface area contributed by atoms with E-state index in [0.717, 1.165) is 36.8 Å². The first-order valence-corrected chi connectivity index (χ1v) is 9.06. The number of halogens is 2. The number of hydrogen-bond acceptors (Lipinski definition) is 2. The Kier molecular flexibility index (Phi) is 5.99. The number of nitrogens with zero attached hydrogens (tertiary/aromatic N) is 1. The Morgan fingerprint density at radius 3 is 2.69 bits per heavy atom. The van der Waals surface area contributed by atoms with Gasteiger partial charge in [0.05, 0.1) is 5.56 Å². The van der Waals surface area contributed by atoms with E-state index in [9.17, 15) is 13.6 Å². The molecule has 0 spiro atoms. The molecule has 1 N–H and O–H groups in total. The number of benzene rings is 2. The number of carbonyl (C=O) groups is 1. The van der Waals surface area contributed by atoms with Crippen LogP contribution in [0, 0.1) is 17.6 Å². The lowest BCUT2D eigenvalue weighted by Crippen LogP contribution is -2.34. The molecule has 1 atom stereocenters. The van der Waals surface area contributed by atoms with Gasteiger partial charge in [0, 0.05) is 19.6 Å². The number of amides is 1. The van der Waals surface area contributed by atoms with Gasteiger partial charge in [0.25, 0.3) is 5.91 Å². The number of rotatable bonds is 5. The van der Waals surface area contributed by atoms with Gasteiger partial charge in [-0.15, -0.1) is 0 Å². The SMILES string of the molecule is CC1CCCN(Cc2ccccc2CNC(=O)c2cccc(F)c2F)C1. The Hall–Kier alpha value is -2.27. The van der Waals surface area contributed by atoms with Gasteiger partial charge in [0.2, 0.25) is 0 Å². The van der Waals surface area contributed by atoms with E-state index < -0.39 is 17.5 Å². The van der Waals surface area contributed by atoms with Gasteiger partial charge < -0.3 is 5.32 Å². The van der Waals surface area contributed by atoms with Gasteiger partial charge in [-0.05, 0) is 48.6 Å². The zero-order valence-corrected chi connectivity index (χ0v) is 15.0. The molecule has 26 heavy (non-hydrogen) atoms. The molecule has 1 aliphatic rings. The van der Waals surface area contributed by atoms with E-state index in [1.165, 1.54) is 25.0 Å². The van der Waals surface area contributed by atoms with Crippen LogP contribution < -0.4 is 5.32 Å². The fourth-order valence-corrected chi connectivity index (χ4v) is 3.51. The fraction of sp³-hybridized carbons (Fsp3) is 0.381. The van der Waals surface area contributed by atoms with Crippen LogP contribution in [-0.4, -0.2) is 23.9 Å². The third-order valence-corrected chi connectivity index (χ3v) is 4.89. The number of hydrogen-bond donors (Lipinski definition) is 1. The molecule has 3 rings (SSSR count). The molecule has 0 radical (unpaired) electrons. The van der Waals surface area contributed by atoms with Crippen molar-refractivity contribution in [2.45, 2.75) is 32.9 Å². The quantitative estimate of drug-likeness (QED) is 0.872. The lowest BCUT2D eigenvalue weighted by atomic mass is 9.99. The predicted molar refractivity (Wildman–Crippen MR) is 97.6 cm³/mol. The molecule has 1 unspecified atom stereocenters. The number of piperidine rings is 1. The van der Waals surface area contributed by atoms with Crippen LogP contribution in [0.3, 0.4) is 0 Å². The summed E-state index contributed by atoms with van der Waals surface area (Å²) in [6.45, 7) is 5.56. The monoisotopic (exact) mass is 358 g/mol. The topological polar surface area (TPSA) is 32.3 Å². The first kappa shape index (κ1) is 18.5. The number of likely N-dealkylation sites (tertiary alicyclic amines) is 1. The summed E-state index contributed by atoms with van der Waals surface area (Å²) in [7, 11) is 0. The molecule has 138 valence electrons. The van der Waals surface area contributed by atoms with Gasteiger partial charge >= 0.3 is 0 Å². The number of nitrogens with one attached hydrogen (secondary N) is 1. The van der Waals surface area contributed by atoms with Crippen LogP contribution in [-0.2, 0) is 13.1 Å². The summed E-state index contributed by atoms with van der Waals surface area (Å²) in [6.07, 6.45) is 2.48. The average molecular weight is 358 g/mol. The smallest absolute Gasteiger partial charge is 0.254 e. The van der Waals surface area contributed by atoms with Crippen molar-refractivity contribution in [3.8, 4) is 0 Å². The molecule has 1 fully saturated rings. The highest BCUT2D eigenvalue weighted by molar-refractivity contribution is 5.94. The standard InChI is InChI=1S/C21H24F2N2O/c1-15-6-5-11-25(13-15)14-17-8-3-2-7-16(17)12-24-21(26)18-9-4-10-19(22)20(18)23/h2-4,7-10,15H,5-6,11-14H2,1H3,(H,24,26). The molecule has 0 aromatic heterocycles. The highest BCUT2D eigenvalue weighted by Gasteiger charge is 2.18. The minimum atomic E-state index is -1.11. The molecule has 1 amide bonds. The summed E-state index contributed by atoms with van der Waals surface area (Å²) >= 11 is 0. The lowest BCUT2D eigenvalue weighted by molar-refractivity contribution is 0.0945. The van der Waals surface area contributed by atoms with Crippen molar-refractivity contribution >= 4 is 5.91 Å². The molecular weight excluding hydrogens is 334 g/mol. The van der Waals surface area contributed by atoms with E-state index in [4.69, 9.17) is 0 Å². The summed E-state index contributed by atoms with van der Waals surface area (Å²) in [4.78, 5) is 14.6. The van der Waals surface area contributed by atoms with Crippen LogP contribution in [0.15, 0.2) is 42.5 Å². The Balaban J connectivity index is 1.66. The van der Waals surface area contributed by atoms with E-state index in [-0.39, 0.29) is 12.1 Å². The van der Waals surface area contributed by atoms with Crippen LogP contribution >= 0.6 is 0 Å². The molecule has 3 nitrogen and oxygen atoms in total. The van der Waals surface area contributed by atoms with Gasteiger partial charge in [-0.1, -0.05) is 37.3 Å². The van der Waals surface area contributed by atoms with Gasteiger partial charge in [-0.2, -0.15) is 0 Å². The summed E-state index contributed by atoms with van der Waals surface area (Å²) < 4.78 is 27.1. The number of carbonyl (C=O) groups excluding carboxylic acids is 1. The lowest BCUT2D eigenvalue weighted by Gasteiger charge is -2.31. The van der Waals surface area contributed by atoms with E-state index >= 15 is 0 Å². The van der Waals surface area contributed by atoms with Crippen LogP contribution in [0.4, 0.5) is 8.78 Å². The maximum atomic E-state index is 13.8. The average Bonchev–Trinajstić information content (AvgIpc) is 2.63. The van der Waals surface area contributed by atoms with Crippen molar-refractivity contribution in [1.29, 1.82) is 0 Å². The normalized spacial score (nSPS) is 17.9. The Morgan fingerprint density at radius 2 is 1.92 bits per heavy atom. The third kappa shape index (κ3) is 4.47. The Bertz CT molecular complexity index is 778. The van der Waals surface area contributed by atoms with Crippen LogP contribution in [0.2, 0.25) is 0 Å². The summed E-state index contributed by atoms with van der Waals surface area (Å²) in [6, 6.07) is 11.6. The van der Waals surface area contributed by atoms with E-state index in [2.05, 4.69) is 23.2 Å². The van der Waals surface area contributed by atoms with Crippen molar-refractivity contribution in [2.24, 2.45) is 5.92 Å². The van der Waals surface area contributed by atoms with Crippen LogP contribution in [0.5, 0.6) is 0 Å². The van der Waals surface area contributed by atoms with Gasteiger partial charge in [0.1, 0.15) is 0 Å². The molecule has 0 bridgehead atoms. The van der Waals surface area contributed by atoms with Crippen molar-refractivity contribution in [3.63, 3.8) is 0 Å². The van der Waals surface area contributed by atoms with Crippen molar-refractivity contribution < 1.29 is 13.6 Å². The molecule has 1 heterocycles. The molecule has 2 aromatic rings. The Morgan fingerprint density at radius 1 is 1.15 bits per heavy atom. The highest BCUT2D eigenvalue weighted by atomic mass is 19.2. The zero-order valence-electron chi connectivity index (χ0n) is 15.0.